The van der Waals surface area contributed by atoms with Gasteiger partial charge < -0.3 is 5.21 Å². The third kappa shape index (κ3) is 5.04. The Labute approximate surface area is 185 Å². The molecule has 1 saturated carbocycles. The van der Waals surface area contributed by atoms with Gasteiger partial charge in [0.05, 0.1) is 5.71 Å². The molecule has 1 fully saturated rings. The van der Waals surface area contributed by atoms with E-state index in [4.69, 9.17) is 0 Å². The Morgan fingerprint density at radius 3 is 2.42 bits per heavy atom. The molecule has 0 bridgehead atoms. The Kier molecular flexibility index (Phi) is 6.81. The molecule has 1 atom stereocenters. The minimum atomic E-state index is 0.126. The number of benzene rings is 2. The molecule has 0 radical (unpaired) electrons. The molecule has 3 aromatic rings. The van der Waals surface area contributed by atoms with Gasteiger partial charge >= 0.3 is 0 Å². The van der Waals surface area contributed by atoms with Gasteiger partial charge in [-0.1, -0.05) is 72.9 Å². The fraction of sp³-hybridized carbons (Fsp3) is 0.357. The number of hydrogen-bond donors (Lipinski definition) is 1. The quantitative estimate of drug-likeness (QED) is 0.265. The van der Waals surface area contributed by atoms with E-state index in [1.54, 1.807) is 6.20 Å². The van der Waals surface area contributed by atoms with Gasteiger partial charge in [-0.25, -0.2) is 0 Å². The second-order valence-electron chi connectivity index (χ2n) is 8.85. The first kappa shape index (κ1) is 21.3. The smallest absolute Gasteiger partial charge is 0.0878 e. The lowest BCUT2D eigenvalue weighted by Gasteiger charge is -2.24. The minimum Gasteiger partial charge on any atom is -0.411 e. The van der Waals surface area contributed by atoms with Crippen molar-refractivity contribution < 1.29 is 5.21 Å². The van der Waals surface area contributed by atoms with Gasteiger partial charge in [0.1, 0.15) is 0 Å². The van der Waals surface area contributed by atoms with E-state index in [0.717, 1.165) is 11.3 Å². The lowest BCUT2D eigenvalue weighted by atomic mass is 9.81. The Morgan fingerprint density at radius 1 is 1.00 bits per heavy atom. The van der Waals surface area contributed by atoms with Crippen molar-refractivity contribution in [3.63, 3.8) is 0 Å². The molecule has 160 valence electrons. The fourth-order valence-corrected chi connectivity index (χ4v) is 4.96. The molecule has 3 heteroatoms. The van der Waals surface area contributed by atoms with E-state index in [-0.39, 0.29) is 5.92 Å². The topological polar surface area (TPSA) is 45.5 Å². The number of pyridine rings is 1. The Hall–Kier alpha value is -2.94. The van der Waals surface area contributed by atoms with E-state index in [1.165, 1.54) is 54.4 Å². The molecule has 1 N–H and O–H groups in total. The predicted octanol–water partition coefficient (Wildman–Crippen LogP) is 7.15. The molecular weight excluding hydrogens is 380 g/mol. The molecule has 0 amide bonds. The summed E-state index contributed by atoms with van der Waals surface area (Å²) in [6.07, 6.45) is 9.10. The molecule has 1 aliphatic rings. The van der Waals surface area contributed by atoms with Crippen molar-refractivity contribution in [2.45, 2.75) is 64.2 Å². The highest BCUT2D eigenvalue weighted by Crippen LogP contribution is 2.36. The highest BCUT2D eigenvalue weighted by Gasteiger charge is 2.21. The minimum absolute atomic E-state index is 0.126. The van der Waals surface area contributed by atoms with Crippen LogP contribution in [0.2, 0.25) is 0 Å². The van der Waals surface area contributed by atoms with E-state index >= 15 is 0 Å². The molecule has 0 saturated heterocycles. The van der Waals surface area contributed by atoms with E-state index < -0.39 is 0 Å². The third-order valence-corrected chi connectivity index (χ3v) is 6.73. The lowest BCUT2D eigenvalue weighted by Crippen LogP contribution is -2.12. The zero-order valence-corrected chi connectivity index (χ0v) is 18.6. The molecule has 31 heavy (non-hydrogen) atoms. The normalized spacial score (nSPS) is 16.3. The van der Waals surface area contributed by atoms with Crippen LogP contribution in [0.5, 0.6) is 0 Å². The summed E-state index contributed by atoms with van der Waals surface area (Å²) >= 11 is 0. The zero-order valence-electron chi connectivity index (χ0n) is 18.6. The van der Waals surface area contributed by atoms with Crippen molar-refractivity contribution in [3.05, 3.63) is 100 Å². The zero-order chi connectivity index (χ0) is 21.6. The van der Waals surface area contributed by atoms with Gasteiger partial charge in [0, 0.05) is 29.8 Å². The van der Waals surface area contributed by atoms with Gasteiger partial charge in [0.2, 0.25) is 0 Å². The maximum absolute atomic E-state index is 9.86. The molecule has 4 rings (SSSR count). The first-order valence-electron chi connectivity index (χ1n) is 11.4. The van der Waals surface area contributed by atoms with Crippen molar-refractivity contribution in [2.24, 2.45) is 5.16 Å². The summed E-state index contributed by atoms with van der Waals surface area (Å²) in [5, 5.41) is 13.6. The molecular formula is C28H32N2O. The number of oxime groups is 1. The van der Waals surface area contributed by atoms with Crippen LogP contribution in [0.4, 0.5) is 0 Å². The SMILES string of the molecule is Cc1cc(/C(C[C@H](c2ccc(C3CCCCC3)cc2)c2ccccc2C)=N/O)ccn1. The summed E-state index contributed by atoms with van der Waals surface area (Å²) in [7, 11) is 0. The molecule has 1 aromatic heterocycles. The Balaban J connectivity index is 1.67. The van der Waals surface area contributed by atoms with Crippen LogP contribution in [0.25, 0.3) is 0 Å². The van der Waals surface area contributed by atoms with E-state index in [2.05, 4.69) is 65.6 Å². The molecule has 0 unspecified atom stereocenters. The molecule has 1 heterocycles. The number of nitrogens with zero attached hydrogens (tertiary/aromatic N) is 2. The van der Waals surface area contributed by atoms with E-state index in [9.17, 15) is 5.21 Å². The summed E-state index contributed by atoms with van der Waals surface area (Å²) in [5.74, 6) is 0.829. The maximum atomic E-state index is 9.86. The van der Waals surface area contributed by atoms with Gasteiger partial charge in [-0.05, 0) is 67.0 Å². The number of rotatable bonds is 6. The standard InChI is InChI=1S/C28H32N2O/c1-20-8-6-7-11-26(20)27(19-28(30-31)25-16-17-29-21(2)18-25)24-14-12-23(13-15-24)22-9-4-3-5-10-22/h6-8,11-18,22,27,31H,3-5,9-10,19H2,1-2H3/b30-28+/t27-/m1/s1. The van der Waals surface area contributed by atoms with Crippen LogP contribution < -0.4 is 0 Å². The molecule has 1 aliphatic carbocycles. The van der Waals surface area contributed by atoms with Gasteiger partial charge in [-0.3, -0.25) is 4.98 Å². The van der Waals surface area contributed by atoms with Crippen LogP contribution in [-0.4, -0.2) is 15.9 Å². The van der Waals surface area contributed by atoms with Gasteiger partial charge in [0.25, 0.3) is 0 Å². The molecule has 2 aromatic carbocycles. The first-order valence-corrected chi connectivity index (χ1v) is 11.4. The first-order chi connectivity index (χ1) is 15.2. The van der Waals surface area contributed by atoms with Gasteiger partial charge in [0.15, 0.2) is 0 Å². The van der Waals surface area contributed by atoms with Gasteiger partial charge in [-0.2, -0.15) is 0 Å². The van der Waals surface area contributed by atoms with Crippen LogP contribution >= 0.6 is 0 Å². The van der Waals surface area contributed by atoms with E-state index in [0.29, 0.717) is 18.1 Å². The monoisotopic (exact) mass is 412 g/mol. The van der Waals surface area contributed by atoms with Crippen molar-refractivity contribution >= 4 is 5.71 Å². The summed E-state index contributed by atoms with van der Waals surface area (Å²) in [5.41, 5.74) is 7.80. The lowest BCUT2D eigenvalue weighted by molar-refractivity contribution is 0.317. The summed E-state index contributed by atoms with van der Waals surface area (Å²) < 4.78 is 0. The van der Waals surface area contributed by atoms with Crippen molar-refractivity contribution in [1.82, 2.24) is 4.98 Å². The molecule has 3 nitrogen and oxygen atoms in total. The molecule has 0 spiro atoms. The Bertz CT molecular complexity index is 1030. The number of aromatic nitrogens is 1. The van der Waals surface area contributed by atoms with Crippen LogP contribution in [0.3, 0.4) is 0 Å². The molecule has 0 aliphatic heterocycles. The summed E-state index contributed by atoms with van der Waals surface area (Å²) in [4.78, 5) is 4.28. The van der Waals surface area contributed by atoms with Crippen LogP contribution in [0, 0.1) is 13.8 Å². The third-order valence-electron chi connectivity index (χ3n) is 6.73. The van der Waals surface area contributed by atoms with Crippen LogP contribution in [-0.2, 0) is 0 Å². The second-order valence-corrected chi connectivity index (χ2v) is 8.85. The average Bonchev–Trinajstić information content (AvgIpc) is 2.81. The number of aryl methyl sites for hydroxylation is 2. The summed E-state index contributed by atoms with van der Waals surface area (Å²) in [6.45, 7) is 4.12. The van der Waals surface area contributed by atoms with Gasteiger partial charge in [-0.15, -0.1) is 0 Å². The summed E-state index contributed by atoms with van der Waals surface area (Å²) in [6, 6.07) is 21.6. The number of hydrogen-bond acceptors (Lipinski definition) is 3. The van der Waals surface area contributed by atoms with Crippen molar-refractivity contribution in [2.75, 3.05) is 0 Å². The highest BCUT2D eigenvalue weighted by molar-refractivity contribution is 6.00. The fourth-order valence-electron chi connectivity index (χ4n) is 4.96. The second kappa shape index (κ2) is 9.91. The highest BCUT2D eigenvalue weighted by atomic mass is 16.4. The Morgan fingerprint density at radius 2 is 1.74 bits per heavy atom. The average molecular weight is 413 g/mol. The van der Waals surface area contributed by atoms with E-state index in [1.807, 2.05) is 19.1 Å². The predicted molar refractivity (Wildman–Crippen MR) is 127 cm³/mol. The largest absolute Gasteiger partial charge is 0.411 e. The van der Waals surface area contributed by atoms with Crippen LogP contribution in [0.1, 0.15) is 83.9 Å². The maximum Gasteiger partial charge on any atom is 0.0878 e. The van der Waals surface area contributed by atoms with Crippen LogP contribution in [0.15, 0.2) is 72.0 Å². The van der Waals surface area contributed by atoms with Crippen molar-refractivity contribution in [1.29, 1.82) is 0 Å². The van der Waals surface area contributed by atoms with Crippen molar-refractivity contribution in [3.8, 4) is 0 Å².